The van der Waals surface area contributed by atoms with Crippen molar-refractivity contribution in [3.63, 3.8) is 0 Å². The summed E-state index contributed by atoms with van der Waals surface area (Å²) in [7, 11) is 0. The first kappa shape index (κ1) is 12.4. The van der Waals surface area contributed by atoms with Crippen LogP contribution in [-0.4, -0.2) is 35.1 Å². The van der Waals surface area contributed by atoms with Gasteiger partial charge in [-0.2, -0.15) is 0 Å². The van der Waals surface area contributed by atoms with Crippen LogP contribution in [0, 0.1) is 19.8 Å². The zero-order valence-corrected chi connectivity index (χ0v) is 10.4. The first-order valence-electron chi connectivity index (χ1n) is 5.83. The second-order valence-electron chi connectivity index (χ2n) is 4.75. The van der Waals surface area contributed by atoms with E-state index in [9.17, 15) is 9.59 Å². The van der Waals surface area contributed by atoms with E-state index >= 15 is 0 Å². The molecule has 2 N–H and O–H groups in total. The highest BCUT2D eigenvalue weighted by Crippen LogP contribution is 2.19. The summed E-state index contributed by atoms with van der Waals surface area (Å²) in [5, 5.41) is 11.5. The number of carbonyl (C=O) groups is 2. The van der Waals surface area contributed by atoms with Gasteiger partial charge in [-0.05, 0) is 37.1 Å². The van der Waals surface area contributed by atoms with Crippen LogP contribution in [0.15, 0.2) is 18.2 Å². The lowest BCUT2D eigenvalue weighted by Crippen LogP contribution is -2.54. The Labute approximate surface area is 105 Å². The molecule has 0 aromatic heterocycles. The number of aliphatic carboxylic acids is 1. The van der Waals surface area contributed by atoms with Crippen LogP contribution in [0.25, 0.3) is 0 Å². The SMILES string of the molecule is Cc1cc(C)cc(NC(=O)N2CC(C(=O)O)C2)c1. The smallest absolute Gasteiger partial charge is 0.321 e. The number of hydrogen-bond donors (Lipinski definition) is 2. The van der Waals surface area contributed by atoms with Crippen molar-refractivity contribution in [2.45, 2.75) is 13.8 Å². The molecule has 0 bridgehead atoms. The highest BCUT2D eigenvalue weighted by atomic mass is 16.4. The fourth-order valence-electron chi connectivity index (χ4n) is 2.05. The number of amides is 2. The molecule has 5 nitrogen and oxygen atoms in total. The summed E-state index contributed by atoms with van der Waals surface area (Å²) in [5.41, 5.74) is 2.91. The molecule has 2 rings (SSSR count). The molecule has 0 atom stereocenters. The number of nitrogens with one attached hydrogen (secondary N) is 1. The van der Waals surface area contributed by atoms with Gasteiger partial charge in [0.2, 0.25) is 0 Å². The van der Waals surface area contributed by atoms with Crippen LogP contribution in [-0.2, 0) is 4.79 Å². The summed E-state index contributed by atoms with van der Waals surface area (Å²) in [5.74, 6) is -1.26. The Balaban J connectivity index is 1.94. The van der Waals surface area contributed by atoms with Crippen molar-refractivity contribution in [1.29, 1.82) is 0 Å². The van der Waals surface area contributed by atoms with Gasteiger partial charge in [-0.15, -0.1) is 0 Å². The van der Waals surface area contributed by atoms with Gasteiger partial charge in [-0.25, -0.2) is 4.79 Å². The first-order chi connectivity index (χ1) is 8.45. The van der Waals surface area contributed by atoms with Gasteiger partial charge in [0.15, 0.2) is 0 Å². The molecule has 0 aliphatic carbocycles. The summed E-state index contributed by atoms with van der Waals surface area (Å²) in [6, 6.07) is 5.57. The van der Waals surface area contributed by atoms with Gasteiger partial charge in [0, 0.05) is 18.8 Å². The minimum Gasteiger partial charge on any atom is -0.481 e. The molecule has 5 heteroatoms. The molecular weight excluding hydrogens is 232 g/mol. The molecular formula is C13H16N2O3. The Morgan fingerprint density at radius 1 is 1.22 bits per heavy atom. The summed E-state index contributed by atoms with van der Waals surface area (Å²) < 4.78 is 0. The monoisotopic (exact) mass is 248 g/mol. The van der Waals surface area contributed by atoms with Crippen molar-refractivity contribution in [1.82, 2.24) is 4.90 Å². The van der Waals surface area contributed by atoms with Gasteiger partial charge in [0.05, 0.1) is 5.92 Å². The zero-order chi connectivity index (χ0) is 13.3. The quantitative estimate of drug-likeness (QED) is 0.839. The third kappa shape index (κ3) is 2.61. The van der Waals surface area contributed by atoms with Crippen molar-refractivity contribution >= 4 is 17.7 Å². The number of benzene rings is 1. The maximum atomic E-state index is 11.8. The van der Waals surface area contributed by atoms with Crippen molar-refractivity contribution in [3.8, 4) is 0 Å². The van der Waals surface area contributed by atoms with Gasteiger partial charge in [-0.3, -0.25) is 4.79 Å². The maximum absolute atomic E-state index is 11.8. The van der Waals surface area contributed by atoms with E-state index in [1.807, 2.05) is 32.0 Å². The van der Waals surface area contributed by atoms with E-state index in [4.69, 9.17) is 5.11 Å². The van der Waals surface area contributed by atoms with Crippen LogP contribution in [0.4, 0.5) is 10.5 Å². The molecule has 1 aromatic carbocycles. The number of aryl methyl sites for hydroxylation is 2. The molecule has 0 unspecified atom stereocenters. The Morgan fingerprint density at radius 2 is 1.78 bits per heavy atom. The molecule has 96 valence electrons. The second-order valence-corrected chi connectivity index (χ2v) is 4.75. The number of nitrogens with zero attached hydrogens (tertiary/aromatic N) is 1. The summed E-state index contributed by atoms with van der Waals surface area (Å²) >= 11 is 0. The van der Waals surface area contributed by atoms with Crippen LogP contribution < -0.4 is 5.32 Å². The molecule has 2 amide bonds. The predicted octanol–water partition coefficient (Wildman–Crippen LogP) is 1.85. The average molecular weight is 248 g/mol. The van der Waals surface area contributed by atoms with E-state index in [-0.39, 0.29) is 19.1 Å². The zero-order valence-electron chi connectivity index (χ0n) is 10.4. The normalized spacial score (nSPS) is 15.1. The number of carbonyl (C=O) groups excluding carboxylic acids is 1. The Morgan fingerprint density at radius 3 is 2.28 bits per heavy atom. The van der Waals surface area contributed by atoms with Crippen LogP contribution in [0.5, 0.6) is 0 Å². The molecule has 0 saturated carbocycles. The molecule has 1 aliphatic heterocycles. The second kappa shape index (κ2) is 4.68. The van der Waals surface area contributed by atoms with Crippen LogP contribution in [0.1, 0.15) is 11.1 Å². The minimum atomic E-state index is -0.842. The van der Waals surface area contributed by atoms with E-state index in [0.717, 1.165) is 16.8 Å². The van der Waals surface area contributed by atoms with E-state index in [2.05, 4.69) is 5.32 Å². The number of carboxylic acids is 1. The molecule has 18 heavy (non-hydrogen) atoms. The lowest BCUT2D eigenvalue weighted by Gasteiger charge is -2.36. The van der Waals surface area contributed by atoms with Crippen LogP contribution >= 0.6 is 0 Å². The first-order valence-corrected chi connectivity index (χ1v) is 5.83. The number of likely N-dealkylation sites (tertiary alicyclic amines) is 1. The molecule has 1 aliphatic rings. The number of carboxylic acid groups (broad SMARTS) is 1. The van der Waals surface area contributed by atoms with Gasteiger partial charge in [0.1, 0.15) is 0 Å². The molecule has 1 saturated heterocycles. The van der Waals surface area contributed by atoms with Gasteiger partial charge in [0.25, 0.3) is 0 Å². The summed E-state index contributed by atoms with van der Waals surface area (Å²) in [6.07, 6.45) is 0. The van der Waals surface area contributed by atoms with Crippen molar-refractivity contribution in [3.05, 3.63) is 29.3 Å². The third-order valence-electron chi connectivity index (χ3n) is 2.99. The van der Waals surface area contributed by atoms with Gasteiger partial charge < -0.3 is 15.3 Å². The highest BCUT2D eigenvalue weighted by Gasteiger charge is 2.35. The fourth-order valence-corrected chi connectivity index (χ4v) is 2.05. The molecule has 0 spiro atoms. The third-order valence-corrected chi connectivity index (χ3v) is 2.99. The molecule has 1 heterocycles. The van der Waals surface area contributed by atoms with Crippen molar-refractivity contribution < 1.29 is 14.7 Å². The molecule has 0 radical (unpaired) electrons. The van der Waals surface area contributed by atoms with E-state index < -0.39 is 11.9 Å². The lowest BCUT2D eigenvalue weighted by atomic mass is 10.0. The Kier molecular flexibility index (Phi) is 3.23. The number of rotatable bonds is 2. The largest absolute Gasteiger partial charge is 0.481 e. The van der Waals surface area contributed by atoms with E-state index in [1.54, 1.807) is 0 Å². The number of anilines is 1. The average Bonchev–Trinajstić information content (AvgIpc) is 2.11. The molecule has 1 fully saturated rings. The van der Waals surface area contributed by atoms with Crippen molar-refractivity contribution in [2.24, 2.45) is 5.92 Å². The topological polar surface area (TPSA) is 69.6 Å². The Bertz CT molecular complexity index is 473. The van der Waals surface area contributed by atoms with Crippen LogP contribution in [0.3, 0.4) is 0 Å². The predicted molar refractivity (Wildman–Crippen MR) is 67.6 cm³/mol. The standard InChI is InChI=1S/C13H16N2O3/c1-8-3-9(2)5-11(4-8)14-13(18)15-6-10(7-15)12(16)17/h3-5,10H,6-7H2,1-2H3,(H,14,18)(H,16,17). The van der Waals surface area contributed by atoms with Crippen molar-refractivity contribution in [2.75, 3.05) is 18.4 Å². The lowest BCUT2D eigenvalue weighted by molar-refractivity contribution is -0.145. The molecule has 1 aromatic rings. The minimum absolute atomic E-state index is 0.238. The fraction of sp³-hybridized carbons (Fsp3) is 0.385. The number of urea groups is 1. The summed E-state index contributed by atoms with van der Waals surface area (Å²) in [4.78, 5) is 23.9. The summed E-state index contributed by atoms with van der Waals surface area (Å²) in [6.45, 7) is 4.50. The maximum Gasteiger partial charge on any atom is 0.321 e. The number of hydrogen-bond acceptors (Lipinski definition) is 2. The van der Waals surface area contributed by atoms with E-state index in [1.165, 1.54) is 4.90 Å². The van der Waals surface area contributed by atoms with Gasteiger partial charge >= 0.3 is 12.0 Å². The Hall–Kier alpha value is -2.04. The van der Waals surface area contributed by atoms with Crippen LogP contribution in [0.2, 0.25) is 0 Å². The highest BCUT2D eigenvalue weighted by molar-refractivity contribution is 5.91. The van der Waals surface area contributed by atoms with Gasteiger partial charge in [-0.1, -0.05) is 6.07 Å². The van der Waals surface area contributed by atoms with E-state index in [0.29, 0.717) is 0 Å².